The number of hydrogen-bond acceptors (Lipinski definition) is 4. The highest BCUT2D eigenvalue weighted by molar-refractivity contribution is 5.63. The summed E-state index contributed by atoms with van der Waals surface area (Å²) < 4.78 is 21.2. The van der Waals surface area contributed by atoms with Crippen molar-refractivity contribution in [3.8, 4) is 16.9 Å². The van der Waals surface area contributed by atoms with Gasteiger partial charge in [-0.15, -0.1) is 0 Å². The fourth-order valence-corrected chi connectivity index (χ4v) is 3.59. The van der Waals surface area contributed by atoms with Gasteiger partial charge >= 0.3 is 0 Å². The SMILES string of the molecule is Cc1cccc(-n2cc(CN3CCOCC3CO)c(-c3cccc(F)c3)n2)c1. The number of halogens is 1. The molecule has 0 saturated carbocycles. The van der Waals surface area contributed by atoms with E-state index >= 15 is 0 Å². The first-order chi connectivity index (χ1) is 13.6. The number of ether oxygens (including phenoxy) is 1. The zero-order valence-corrected chi connectivity index (χ0v) is 15.9. The maximum Gasteiger partial charge on any atom is 0.123 e. The third-order valence-corrected chi connectivity index (χ3v) is 5.09. The van der Waals surface area contributed by atoms with E-state index in [9.17, 15) is 9.50 Å². The lowest BCUT2D eigenvalue weighted by molar-refractivity contribution is -0.0312. The van der Waals surface area contributed by atoms with Gasteiger partial charge in [0.15, 0.2) is 0 Å². The van der Waals surface area contributed by atoms with Gasteiger partial charge in [0.05, 0.1) is 37.2 Å². The molecule has 146 valence electrons. The minimum atomic E-state index is -0.284. The van der Waals surface area contributed by atoms with Gasteiger partial charge in [0.1, 0.15) is 5.82 Å². The second-order valence-electron chi connectivity index (χ2n) is 7.18. The van der Waals surface area contributed by atoms with Crippen molar-refractivity contribution < 1.29 is 14.2 Å². The summed E-state index contributed by atoms with van der Waals surface area (Å²) in [5.41, 5.74) is 4.60. The summed E-state index contributed by atoms with van der Waals surface area (Å²) in [5, 5.41) is 14.5. The Hall–Kier alpha value is -2.54. The number of hydrogen-bond donors (Lipinski definition) is 1. The van der Waals surface area contributed by atoms with Crippen LogP contribution in [0.5, 0.6) is 0 Å². The fourth-order valence-electron chi connectivity index (χ4n) is 3.59. The van der Waals surface area contributed by atoms with Crippen LogP contribution in [-0.4, -0.2) is 52.2 Å². The third kappa shape index (κ3) is 3.99. The number of benzene rings is 2. The quantitative estimate of drug-likeness (QED) is 0.738. The number of aromatic nitrogens is 2. The molecule has 1 aromatic heterocycles. The second kappa shape index (κ2) is 8.22. The average molecular weight is 381 g/mol. The number of morpholine rings is 1. The Kier molecular flexibility index (Phi) is 5.52. The molecule has 1 atom stereocenters. The molecule has 2 heterocycles. The monoisotopic (exact) mass is 381 g/mol. The van der Waals surface area contributed by atoms with Crippen LogP contribution in [-0.2, 0) is 11.3 Å². The van der Waals surface area contributed by atoms with E-state index in [1.165, 1.54) is 12.1 Å². The minimum absolute atomic E-state index is 0.0430. The molecule has 6 heteroatoms. The van der Waals surface area contributed by atoms with Crippen LogP contribution in [0.1, 0.15) is 11.1 Å². The average Bonchev–Trinajstić information content (AvgIpc) is 3.12. The molecule has 5 nitrogen and oxygen atoms in total. The number of aryl methyl sites for hydroxylation is 1. The number of nitrogens with zero attached hydrogens (tertiary/aromatic N) is 3. The molecule has 0 radical (unpaired) electrons. The summed E-state index contributed by atoms with van der Waals surface area (Å²) in [7, 11) is 0. The summed E-state index contributed by atoms with van der Waals surface area (Å²) in [4.78, 5) is 2.20. The minimum Gasteiger partial charge on any atom is -0.395 e. The van der Waals surface area contributed by atoms with E-state index in [-0.39, 0.29) is 18.5 Å². The molecular formula is C22H24FN3O2. The Labute approximate surface area is 164 Å². The molecular weight excluding hydrogens is 357 g/mol. The molecule has 1 unspecified atom stereocenters. The van der Waals surface area contributed by atoms with Crippen LogP contribution in [0.25, 0.3) is 16.9 Å². The second-order valence-corrected chi connectivity index (χ2v) is 7.18. The molecule has 1 aliphatic heterocycles. The molecule has 1 saturated heterocycles. The van der Waals surface area contributed by atoms with E-state index in [4.69, 9.17) is 9.84 Å². The van der Waals surface area contributed by atoms with Crippen molar-refractivity contribution in [2.75, 3.05) is 26.4 Å². The molecule has 0 amide bonds. The van der Waals surface area contributed by atoms with Crippen molar-refractivity contribution in [3.05, 3.63) is 71.7 Å². The summed E-state index contributed by atoms with van der Waals surface area (Å²) >= 11 is 0. The zero-order valence-electron chi connectivity index (χ0n) is 15.9. The van der Waals surface area contributed by atoms with Gasteiger partial charge in [-0.3, -0.25) is 4.90 Å². The first-order valence-corrected chi connectivity index (χ1v) is 9.48. The van der Waals surface area contributed by atoms with E-state index in [0.29, 0.717) is 19.8 Å². The molecule has 2 aromatic carbocycles. The molecule has 28 heavy (non-hydrogen) atoms. The van der Waals surface area contributed by atoms with Gasteiger partial charge in [0.25, 0.3) is 0 Å². The van der Waals surface area contributed by atoms with Crippen LogP contribution in [0.2, 0.25) is 0 Å². The highest BCUT2D eigenvalue weighted by Crippen LogP contribution is 2.27. The van der Waals surface area contributed by atoms with E-state index in [0.717, 1.165) is 34.6 Å². The summed E-state index contributed by atoms with van der Waals surface area (Å²) in [6.45, 7) is 4.59. The smallest absolute Gasteiger partial charge is 0.123 e. The van der Waals surface area contributed by atoms with Crippen molar-refractivity contribution in [1.29, 1.82) is 0 Å². The Morgan fingerprint density at radius 2 is 2.07 bits per heavy atom. The molecule has 0 aliphatic carbocycles. The Morgan fingerprint density at radius 1 is 1.21 bits per heavy atom. The summed E-state index contributed by atoms with van der Waals surface area (Å²) in [6.07, 6.45) is 2.00. The van der Waals surface area contributed by atoms with Crippen LogP contribution in [0.15, 0.2) is 54.7 Å². The zero-order chi connectivity index (χ0) is 19.5. The van der Waals surface area contributed by atoms with Crippen molar-refractivity contribution in [2.24, 2.45) is 0 Å². The summed E-state index contributed by atoms with van der Waals surface area (Å²) in [6, 6.07) is 14.6. The lowest BCUT2D eigenvalue weighted by atomic mass is 10.1. The van der Waals surface area contributed by atoms with E-state index in [2.05, 4.69) is 11.0 Å². The lowest BCUT2D eigenvalue weighted by Crippen LogP contribution is -2.46. The highest BCUT2D eigenvalue weighted by atomic mass is 19.1. The number of aliphatic hydroxyl groups is 1. The van der Waals surface area contributed by atoms with Gasteiger partial charge < -0.3 is 9.84 Å². The van der Waals surface area contributed by atoms with Crippen LogP contribution in [0, 0.1) is 12.7 Å². The molecule has 1 N–H and O–H groups in total. The van der Waals surface area contributed by atoms with Gasteiger partial charge in [0.2, 0.25) is 0 Å². The molecule has 1 fully saturated rings. The largest absolute Gasteiger partial charge is 0.395 e. The van der Waals surface area contributed by atoms with Crippen LogP contribution in [0.3, 0.4) is 0 Å². The van der Waals surface area contributed by atoms with E-state index in [1.54, 1.807) is 6.07 Å². The van der Waals surface area contributed by atoms with Gasteiger partial charge in [-0.05, 0) is 36.8 Å². The predicted octanol–water partition coefficient (Wildman–Crippen LogP) is 3.18. The Balaban J connectivity index is 1.74. The molecule has 0 bridgehead atoms. The molecule has 1 aliphatic rings. The maximum atomic E-state index is 13.8. The van der Waals surface area contributed by atoms with Crippen molar-refractivity contribution in [3.63, 3.8) is 0 Å². The van der Waals surface area contributed by atoms with Crippen molar-refractivity contribution >= 4 is 0 Å². The normalized spacial score (nSPS) is 17.8. The van der Waals surface area contributed by atoms with Crippen molar-refractivity contribution in [2.45, 2.75) is 19.5 Å². The number of aliphatic hydroxyl groups excluding tert-OH is 1. The van der Waals surface area contributed by atoms with Gasteiger partial charge in [-0.2, -0.15) is 5.10 Å². The van der Waals surface area contributed by atoms with Crippen LogP contribution < -0.4 is 0 Å². The first-order valence-electron chi connectivity index (χ1n) is 9.48. The Morgan fingerprint density at radius 3 is 2.86 bits per heavy atom. The van der Waals surface area contributed by atoms with Gasteiger partial charge in [-0.1, -0.05) is 24.3 Å². The molecule has 3 aromatic rings. The molecule has 0 spiro atoms. The highest BCUT2D eigenvalue weighted by Gasteiger charge is 2.24. The number of rotatable bonds is 5. The van der Waals surface area contributed by atoms with Gasteiger partial charge in [0, 0.05) is 30.4 Å². The van der Waals surface area contributed by atoms with E-state index < -0.39 is 0 Å². The maximum absolute atomic E-state index is 13.8. The molecule has 4 rings (SSSR count). The van der Waals surface area contributed by atoms with Crippen LogP contribution >= 0.6 is 0 Å². The van der Waals surface area contributed by atoms with E-state index in [1.807, 2.05) is 42.1 Å². The van der Waals surface area contributed by atoms with Crippen LogP contribution in [0.4, 0.5) is 4.39 Å². The standard InChI is InChI=1S/C22H24FN3O2/c1-16-4-2-7-20(10-16)26-13-18(12-25-8-9-28-15-21(25)14-27)22(24-26)17-5-3-6-19(23)11-17/h2-7,10-11,13,21,27H,8-9,12,14-15H2,1H3. The Bertz CT molecular complexity index is 956. The lowest BCUT2D eigenvalue weighted by Gasteiger charge is -2.34. The first kappa shape index (κ1) is 18.8. The van der Waals surface area contributed by atoms with Crippen molar-refractivity contribution in [1.82, 2.24) is 14.7 Å². The van der Waals surface area contributed by atoms with Gasteiger partial charge in [-0.25, -0.2) is 9.07 Å². The topological polar surface area (TPSA) is 50.5 Å². The fraction of sp³-hybridized carbons (Fsp3) is 0.318. The predicted molar refractivity (Wildman–Crippen MR) is 106 cm³/mol. The third-order valence-electron chi connectivity index (χ3n) is 5.09. The summed E-state index contributed by atoms with van der Waals surface area (Å²) in [5.74, 6) is -0.284.